The number of nitrogens with zero attached hydrogens (tertiary/aromatic N) is 2. The van der Waals surface area contributed by atoms with Gasteiger partial charge < -0.3 is 0 Å². The maximum atomic E-state index is 10.5. The molecule has 0 spiro atoms. The lowest BCUT2D eigenvalue weighted by atomic mass is 10.2. The van der Waals surface area contributed by atoms with Gasteiger partial charge in [0.15, 0.2) is 0 Å². The minimum absolute atomic E-state index is 0.0382. The predicted octanol–water partition coefficient (Wildman–Crippen LogP) is 4.42. The van der Waals surface area contributed by atoms with Gasteiger partial charge in [-0.3, -0.25) is 15.5 Å². The zero-order valence-electron chi connectivity index (χ0n) is 10.1. The fraction of sp³-hybridized carbons (Fsp3) is 0. The third-order valence-electron chi connectivity index (χ3n) is 2.44. The summed E-state index contributed by atoms with van der Waals surface area (Å²) in [4.78, 5) is 10.1. The van der Waals surface area contributed by atoms with E-state index < -0.39 is 4.92 Å². The van der Waals surface area contributed by atoms with Crippen molar-refractivity contribution < 1.29 is 4.92 Å². The molecule has 0 aromatic heterocycles. The van der Waals surface area contributed by atoms with Gasteiger partial charge in [-0.2, -0.15) is 5.10 Å². The number of benzene rings is 2. The Morgan fingerprint density at radius 1 is 1.15 bits per heavy atom. The van der Waals surface area contributed by atoms with Crippen LogP contribution in [0.15, 0.2) is 53.6 Å². The number of non-ortho nitro benzene ring substituents is 1. The summed E-state index contributed by atoms with van der Waals surface area (Å²) in [6, 6.07) is 13.2. The Labute approximate surface area is 128 Å². The number of nitrogens with one attached hydrogen (secondary N) is 1. The number of hydrogen-bond donors (Lipinski definition) is 1. The number of hydrazone groups is 1. The van der Waals surface area contributed by atoms with E-state index in [9.17, 15) is 10.1 Å². The minimum Gasteiger partial charge on any atom is -0.277 e. The van der Waals surface area contributed by atoms with Crippen LogP contribution in [-0.4, -0.2) is 9.54 Å². The summed E-state index contributed by atoms with van der Waals surface area (Å²) in [5, 5.41) is 15.3. The molecule has 0 bridgehead atoms. The molecular formula is C13H9BrClN3O2. The predicted molar refractivity (Wildman–Crippen MR) is 83.6 cm³/mol. The lowest BCUT2D eigenvalue weighted by Gasteiger charge is -2.02. The monoisotopic (exact) mass is 353 g/mol. The molecule has 1 N–H and O–H groups in total. The van der Waals surface area contributed by atoms with E-state index in [2.05, 4.69) is 26.5 Å². The average molecular weight is 355 g/mol. The van der Waals surface area contributed by atoms with Crippen molar-refractivity contribution in [2.75, 3.05) is 5.43 Å². The molecule has 20 heavy (non-hydrogen) atoms. The molecule has 7 heteroatoms. The van der Waals surface area contributed by atoms with Gasteiger partial charge in [0, 0.05) is 22.7 Å². The molecule has 0 aliphatic heterocycles. The first kappa shape index (κ1) is 14.5. The van der Waals surface area contributed by atoms with Crippen molar-refractivity contribution in [1.82, 2.24) is 0 Å². The summed E-state index contributed by atoms with van der Waals surface area (Å²) < 4.78 is 0.604. The fourth-order valence-electron chi connectivity index (χ4n) is 1.42. The van der Waals surface area contributed by atoms with Gasteiger partial charge in [-0.15, -0.1) is 0 Å². The molecule has 0 atom stereocenters. The SMILES string of the molecule is O=[N+]([O-])c1ccc(N/N=C(\Br)c2ccc(Cl)cc2)cc1. The number of nitro benzene ring substituents is 1. The highest BCUT2D eigenvalue weighted by molar-refractivity contribution is 9.18. The molecule has 0 aliphatic carbocycles. The van der Waals surface area contributed by atoms with Crippen LogP contribution in [0.5, 0.6) is 0 Å². The van der Waals surface area contributed by atoms with Gasteiger partial charge in [0.2, 0.25) is 0 Å². The molecule has 0 amide bonds. The highest BCUT2D eigenvalue weighted by Gasteiger charge is 2.04. The molecule has 2 aromatic rings. The third-order valence-corrected chi connectivity index (χ3v) is 3.33. The topological polar surface area (TPSA) is 67.5 Å². The third kappa shape index (κ3) is 3.79. The van der Waals surface area contributed by atoms with Crippen molar-refractivity contribution in [1.29, 1.82) is 0 Å². The van der Waals surface area contributed by atoms with E-state index >= 15 is 0 Å². The Bertz CT molecular complexity index is 642. The van der Waals surface area contributed by atoms with Crippen LogP contribution >= 0.6 is 27.5 Å². The molecule has 0 fully saturated rings. The summed E-state index contributed by atoms with van der Waals surface area (Å²) in [5.74, 6) is 0. The quantitative estimate of drug-likeness (QED) is 0.502. The van der Waals surface area contributed by atoms with E-state index in [1.807, 2.05) is 12.1 Å². The minimum atomic E-state index is -0.448. The first-order valence-electron chi connectivity index (χ1n) is 5.56. The lowest BCUT2D eigenvalue weighted by Crippen LogP contribution is -1.96. The summed E-state index contributed by atoms with van der Waals surface area (Å²) in [6.07, 6.45) is 0. The van der Waals surface area contributed by atoms with Crippen LogP contribution in [0.4, 0.5) is 11.4 Å². The van der Waals surface area contributed by atoms with Gasteiger partial charge in [-0.05, 0) is 40.2 Å². The van der Waals surface area contributed by atoms with Crippen molar-refractivity contribution in [2.45, 2.75) is 0 Å². The molecular weight excluding hydrogens is 346 g/mol. The molecule has 102 valence electrons. The number of anilines is 1. The van der Waals surface area contributed by atoms with Crippen LogP contribution in [0, 0.1) is 10.1 Å². The van der Waals surface area contributed by atoms with Gasteiger partial charge in [0.1, 0.15) is 4.62 Å². The Morgan fingerprint density at radius 2 is 1.75 bits per heavy atom. The first-order chi connectivity index (χ1) is 9.56. The van der Waals surface area contributed by atoms with E-state index in [1.54, 1.807) is 24.3 Å². The molecule has 5 nitrogen and oxygen atoms in total. The van der Waals surface area contributed by atoms with E-state index in [0.717, 1.165) is 5.56 Å². The summed E-state index contributed by atoms with van der Waals surface area (Å²) in [6.45, 7) is 0. The zero-order valence-corrected chi connectivity index (χ0v) is 12.4. The van der Waals surface area contributed by atoms with Crippen molar-refractivity contribution in [3.05, 3.63) is 69.2 Å². The summed E-state index contributed by atoms with van der Waals surface area (Å²) in [5.41, 5.74) is 4.37. The second-order valence-electron chi connectivity index (χ2n) is 3.83. The zero-order chi connectivity index (χ0) is 14.5. The van der Waals surface area contributed by atoms with E-state index in [4.69, 9.17) is 11.6 Å². The Kier molecular flexibility index (Phi) is 4.70. The molecule has 0 radical (unpaired) electrons. The smallest absolute Gasteiger partial charge is 0.269 e. The van der Waals surface area contributed by atoms with Gasteiger partial charge in [0.05, 0.1) is 10.6 Å². The first-order valence-corrected chi connectivity index (χ1v) is 6.73. The Morgan fingerprint density at radius 3 is 2.30 bits per heavy atom. The molecule has 0 aliphatic rings. The van der Waals surface area contributed by atoms with Gasteiger partial charge in [0.25, 0.3) is 5.69 Å². The van der Waals surface area contributed by atoms with Crippen molar-refractivity contribution in [2.24, 2.45) is 5.10 Å². The molecule has 2 rings (SSSR count). The largest absolute Gasteiger partial charge is 0.277 e. The van der Waals surface area contributed by atoms with Crippen LogP contribution in [0.1, 0.15) is 5.56 Å². The van der Waals surface area contributed by atoms with Gasteiger partial charge in [-0.1, -0.05) is 23.7 Å². The van der Waals surface area contributed by atoms with E-state index in [-0.39, 0.29) is 5.69 Å². The lowest BCUT2D eigenvalue weighted by molar-refractivity contribution is -0.384. The van der Waals surface area contributed by atoms with Crippen LogP contribution in [-0.2, 0) is 0 Å². The van der Waals surface area contributed by atoms with Crippen molar-refractivity contribution in [3.63, 3.8) is 0 Å². The number of rotatable bonds is 4. The standard InChI is InChI=1S/C13H9BrClN3O2/c14-13(9-1-3-10(15)4-2-9)17-16-11-5-7-12(8-6-11)18(19)20/h1-8,16H/b17-13-. The van der Waals surface area contributed by atoms with Crippen LogP contribution < -0.4 is 5.43 Å². The fourth-order valence-corrected chi connectivity index (χ4v) is 1.90. The summed E-state index contributed by atoms with van der Waals surface area (Å²) in [7, 11) is 0. The molecule has 0 saturated carbocycles. The van der Waals surface area contributed by atoms with Crippen LogP contribution in [0.2, 0.25) is 5.02 Å². The van der Waals surface area contributed by atoms with E-state index in [0.29, 0.717) is 15.3 Å². The second-order valence-corrected chi connectivity index (χ2v) is 5.01. The highest BCUT2D eigenvalue weighted by Crippen LogP contribution is 2.17. The molecule has 0 saturated heterocycles. The average Bonchev–Trinajstić information content (AvgIpc) is 2.46. The molecule has 2 aromatic carbocycles. The highest BCUT2D eigenvalue weighted by atomic mass is 79.9. The molecule has 0 heterocycles. The maximum Gasteiger partial charge on any atom is 0.269 e. The second kappa shape index (κ2) is 6.49. The van der Waals surface area contributed by atoms with Crippen molar-refractivity contribution in [3.8, 4) is 0 Å². The van der Waals surface area contributed by atoms with Crippen molar-refractivity contribution >= 4 is 43.5 Å². The summed E-state index contributed by atoms with van der Waals surface area (Å²) >= 11 is 9.15. The van der Waals surface area contributed by atoms with E-state index in [1.165, 1.54) is 12.1 Å². The maximum absolute atomic E-state index is 10.5. The normalized spacial score (nSPS) is 11.2. The Hall–Kier alpha value is -1.92. The van der Waals surface area contributed by atoms with Gasteiger partial charge in [-0.25, -0.2) is 0 Å². The number of hydrogen-bond acceptors (Lipinski definition) is 4. The number of halogens is 2. The number of nitro groups is 1. The van der Waals surface area contributed by atoms with Gasteiger partial charge >= 0.3 is 0 Å². The molecule has 0 unspecified atom stereocenters. The Balaban J connectivity index is 2.08. The van der Waals surface area contributed by atoms with Crippen LogP contribution in [0.25, 0.3) is 0 Å². The van der Waals surface area contributed by atoms with Crippen LogP contribution in [0.3, 0.4) is 0 Å².